The number of fused-ring (bicyclic) bond motifs is 1. The molecule has 0 aromatic carbocycles. The molecule has 0 amide bonds. The summed E-state index contributed by atoms with van der Waals surface area (Å²) in [6, 6.07) is 1.95. The van der Waals surface area contributed by atoms with Crippen molar-refractivity contribution in [1.82, 2.24) is 29.7 Å². The van der Waals surface area contributed by atoms with Crippen molar-refractivity contribution >= 4 is 0 Å². The second-order valence-electron chi connectivity index (χ2n) is 5.94. The molecule has 106 valence electrons. The van der Waals surface area contributed by atoms with E-state index in [0.29, 0.717) is 0 Å². The van der Waals surface area contributed by atoms with Gasteiger partial charge < -0.3 is 0 Å². The highest BCUT2D eigenvalue weighted by atomic mass is 15.4. The van der Waals surface area contributed by atoms with Gasteiger partial charge >= 0.3 is 0 Å². The summed E-state index contributed by atoms with van der Waals surface area (Å²) in [6.07, 6.45) is 7.78. The zero-order valence-corrected chi connectivity index (χ0v) is 11.6. The average molecular weight is 272 g/mol. The molecule has 2 aromatic rings. The number of aryl methyl sites for hydroxylation is 1. The van der Waals surface area contributed by atoms with Gasteiger partial charge in [-0.05, 0) is 31.2 Å². The molecule has 0 saturated heterocycles. The van der Waals surface area contributed by atoms with Crippen LogP contribution >= 0.6 is 0 Å². The van der Waals surface area contributed by atoms with Gasteiger partial charge in [0.1, 0.15) is 5.69 Å². The molecule has 1 saturated carbocycles. The molecule has 2 aromatic heterocycles. The number of aromatic nitrogens is 5. The molecular weight excluding hydrogens is 252 g/mol. The standard InChI is InChI=1S/C14H20N6/c1-5-15-19(7-1)10-13-14-11-18(9-12-3-4-12)6-2-8-20(14)17-16-13/h1,5,7,12H,2-4,6,8-11H2. The van der Waals surface area contributed by atoms with Gasteiger partial charge in [0.05, 0.1) is 12.2 Å². The quantitative estimate of drug-likeness (QED) is 0.837. The SMILES string of the molecule is c1cnn(Cc2nnn3c2CN(CC2CC2)CCC3)c1. The van der Waals surface area contributed by atoms with Crippen molar-refractivity contribution in [2.24, 2.45) is 5.92 Å². The van der Waals surface area contributed by atoms with Crippen LogP contribution in [0.3, 0.4) is 0 Å². The minimum absolute atomic E-state index is 0.722. The molecule has 2 aliphatic rings. The van der Waals surface area contributed by atoms with E-state index >= 15 is 0 Å². The molecule has 4 rings (SSSR count). The highest BCUT2D eigenvalue weighted by Crippen LogP contribution is 2.30. The monoisotopic (exact) mass is 272 g/mol. The predicted octanol–water partition coefficient (Wildman–Crippen LogP) is 1.14. The van der Waals surface area contributed by atoms with Gasteiger partial charge in [0.25, 0.3) is 0 Å². The van der Waals surface area contributed by atoms with E-state index in [2.05, 4.69) is 25.0 Å². The van der Waals surface area contributed by atoms with E-state index in [0.717, 1.165) is 31.2 Å². The van der Waals surface area contributed by atoms with E-state index in [-0.39, 0.29) is 0 Å². The highest BCUT2D eigenvalue weighted by Gasteiger charge is 2.27. The van der Waals surface area contributed by atoms with Crippen molar-refractivity contribution in [2.75, 3.05) is 13.1 Å². The Balaban J connectivity index is 1.55. The molecule has 20 heavy (non-hydrogen) atoms. The molecule has 0 N–H and O–H groups in total. The molecule has 6 heteroatoms. The van der Waals surface area contributed by atoms with E-state index in [1.54, 1.807) is 0 Å². The van der Waals surface area contributed by atoms with Crippen LogP contribution in [0.5, 0.6) is 0 Å². The summed E-state index contributed by atoms with van der Waals surface area (Å²) in [5, 5.41) is 13.0. The van der Waals surface area contributed by atoms with Gasteiger partial charge in [-0.3, -0.25) is 9.58 Å². The van der Waals surface area contributed by atoms with E-state index in [1.165, 1.54) is 38.0 Å². The summed E-state index contributed by atoms with van der Waals surface area (Å²) >= 11 is 0. The maximum Gasteiger partial charge on any atom is 0.109 e. The van der Waals surface area contributed by atoms with Crippen LogP contribution in [0.1, 0.15) is 30.7 Å². The van der Waals surface area contributed by atoms with Crippen LogP contribution in [0.2, 0.25) is 0 Å². The lowest BCUT2D eigenvalue weighted by atomic mass is 10.2. The first-order valence-corrected chi connectivity index (χ1v) is 7.49. The van der Waals surface area contributed by atoms with Crippen molar-refractivity contribution in [3.05, 3.63) is 29.8 Å². The van der Waals surface area contributed by atoms with Crippen LogP contribution in [-0.4, -0.2) is 42.8 Å². The third-order valence-electron chi connectivity index (χ3n) is 4.22. The summed E-state index contributed by atoms with van der Waals surface area (Å²) in [6.45, 7) is 5.12. The topological polar surface area (TPSA) is 51.8 Å². The summed E-state index contributed by atoms with van der Waals surface area (Å²) in [7, 11) is 0. The van der Waals surface area contributed by atoms with Gasteiger partial charge in [0.15, 0.2) is 0 Å². The highest BCUT2D eigenvalue weighted by molar-refractivity contribution is 5.11. The maximum absolute atomic E-state index is 4.37. The van der Waals surface area contributed by atoms with Gasteiger partial charge in [0.2, 0.25) is 0 Å². The van der Waals surface area contributed by atoms with Gasteiger partial charge in [-0.25, -0.2) is 4.68 Å². The van der Waals surface area contributed by atoms with Crippen molar-refractivity contribution in [2.45, 2.75) is 38.9 Å². The van der Waals surface area contributed by atoms with E-state index < -0.39 is 0 Å². The Bertz CT molecular complexity index is 569. The largest absolute Gasteiger partial charge is 0.297 e. The number of hydrogen-bond acceptors (Lipinski definition) is 4. The van der Waals surface area contributed by atoms with E-state index in [9.17, 15) is 0 Å². The average Bonchev–Trinajstić information content (AvgIpc) is 3.05. The van der Waals surface area contributed by atoms with Crippen molar-refractivity contribution in [1.29, 1.82) is 0 Å². The molecule has 1 fully saturated rings. The first kappa shape index (κ1) is 12.1. The zero-order chi connectivity index (χ0) is 13.4. The summed E-state index contributed by atoms with van der Waals surface area (Å²) in [5.41, 5.74) is 2.34. The Labute approximate surface area is 118 Å². The molecule has 6 nitrogen and oxygen atoms in total. The van der Waals surface area contributed by atoms with Crippen LogP contribution in [-0.2, 0) is 19.6 Å². The predicted molar refractivity (Wildman–Crippen MR) is 74.0 cm³/mol. The molecule has 1 aliphatic heterocycles. The number of nitrogens with zero attached hydrogens (tertiary/aromatic N) is 6. The molecule has 0 unspecified atom stereocenters. The van der Waals surface area contributed by atoms with Gasteiger partial charge in [-0.2, -0.15) is 5.10 Å². The Hall–Kier alpha value is -1.69. The number of rotatable bonds is 4. The third-order valence-corrected chi connectivity index (χ3v) is 4.22. The first-order valence-electron chi connectivity index (χ1n) is 7.49. The molecule has 3 heterocycles. The third kappa shape index (κ3) is 2.47. The first-order chi connectivity index (χ1) is 9.88. The Morgan fingerprint density at radius 3 is 3.00 bits per heavy atom. The molecule has 0 spiro atoms. The summed E-state index contributed by atoms with van der Waals surface area (Å²) < 4.78 is 4.01. The Morgan fingerprint density at radius 2 is 2.20 bits per heavy atom. The molecule has 0 radical (unpaired) electrons. The van der Waals surface area contributed by atoms with Crippen LogP contribution in [0, 0.1) is 5.92 Å². The van der Waals surface area contributed by atoms with Crippen molar-refractivity contribution in [3.63, 3.8) is 0 Å². The second-order valence-corrected chi connectivity index (χ2v) is 5.94. The van der Waals surface area contributed by atoms with Crippen LogP contribution in [0.4, 0.5) is 0 Å². The van der Waals surface area contributed by atoms with Gasteiger partial charge in [0, 0.05) is 38.6 Å². The fourth-order valence-corrected chi connectivity index (χ4v) is 2.95. The van der Waals surface area contributed by atoms with Crippen LogP contribution in [0.15, 0.2) is 18.5 Å². The fraction of sp³-hybridized carbons (Fsp3) is 0.643. The minimum Gasteiger partial charge on any atom is -0.297 e. The molecule has 0 atom stereocenters. The van der Waals surface area contributed by atoms with E-state index in [1.807, 2.05) is 23.1 Å². The summed E-state index contributed by atoms with van der Waals surface area (Å²) in [5.74, 6) is 0.937. The number of hydrogen-bond donors (Lipinski definition) is 0. The molecule has 1 aliphatic carbocycles. The van der Waals surface area contributed by atoms with Crippen molar-refractivity contribution in [3.8, 4) is 0 Å². The lowest BCUT2D eigenvalue weighted by molar-refractivity contribution is 0.257. The zero-order valence-electron chi connectivity index (χ0n) is 11.6. The maximum atomic E-state index is 4.37. The Kier molecular flexibility index (Phi) is 3.03. The van der Waals surface area contributed by atoms with Crippen molar-refractivity contribution < 1.29 is 0 Å². The van der Waals surface area contributed by atoms with Crippen LogP contribution < -0.4 is 0 Å². The normalized spacial score (nSPS) is 19.8. The van der Waals surface area contributed by atoms with Crippen LogP contribution in [0.25, 0.3) is 0 Å². The fourth-order valence-electron chi connectivity index (χ4n) is 2.95. The lowest BCUT2D eigenvalue weighted by Gasteiger charge is -2.19. The smallest absolute Gasteiger partial charge is 0.109 e. The Morgan fingerprint density at radius 1 is 1.25 bits per heavy atom. The van der Waals surface area contributed by atoms with Gasteiger partial charge in [-0.15, -0.1) is 5.10 Å². The van der Waals surface area contributed by atoms with Gasteiger partial charge in [-0.1, -0.05) is 5.21 Å². The molecular formula is C14H20N6. The second kappa shape index (κ2) is 5.01. The van der Waals surface area contributed by atoms with E-state index in [4.69, 9.17) is 0 Å². The molecule has 0 bridgehead atoms. The lowest BCUT2D eigenvalue weighted by Crippen LogP contribution is -2.26. The summed E-state index contributed by atoms with van der Waals surface area (Å²) in [4.78, 5) is 2.58. The minimum atomic E-state index is 0.722.